The largest absolute Gasteiger partial charge is 0.350 e. The van der Waals surface area contributed by atoms with Crippen LogP contribution in [0.25, 0.3) is 0 Å². The third kappa shape index (κ3) is 2.19. The number of fused-ring (bicyclic) bond motifs is 1. The van der Waals surface area contributed by atoms with Gasteiger partial charge in [0.25, 0.3) is 0 Å². The molecule has 0 N–H and O–H groups in total. The summed E-state index contributed by atoms with van der Waals surface area (Å²) in [5.74, 6) is 0.955. The Hall–Kier alpha value is -1.61. The first-order valence-corrected chi connectivity index (χ1v) is 6.85. The Bertz CT molecular complexity index is 625. The van der Waals surface area contributed by atoms with E-state index in [1.54, 1.807) is 0 Å². The van der Waals surface area contributed by atoms with Gasteiger partial charge < -0.3 is 4.90 Å². The Balaban J connectivity index is 1.96. The van der Waals surface area contributed by atoms with Crippen molar-refractivity contribution in [2.45, 2.75) is 26.8 Å². The Morgan fingerprint density at radius 2 is 1.79 bits per heavy atom. The summed E-state index contributed by atoms with van der Waals surface area (Å²) in [6.45, 7) is 5.93. The molecule has 3 rings (SSSR count). The predicted molar refractivity (Wildman–Crippen MR) is 77.7 cm³/mol. The molecule has 1 aliphatic heterocycles. The van der Waals surface area contributed by atoms with E-state index in [0.29, 0.717) is 5.15 Å². The molecular formula is C15H16ClN3. The van der Waals surface area contributed by atoms with Gasteiger partial charge in [-0.1, -0.05) is 35.9 Å². The minimum Gasteiger partial charge on any atom is -0.350 e. The normalized spacial score (nSPS) is 14.4. The Morgan fingerprint density at radius 1 is 1.05 bits per heavy atom. The van der Waals surface area contributed by atoms with Gasteiger partial charge in [-0.3, -0.25) is 0 Å². The lowest BCUT2D eigenvalue weighted by atomic mass is 9.99. The molecule has 0 spiro atoms. The lowest BCUT2D eigenvalue weighted by molar-refractivity contribution is 0.708. The van der Waals surface area contributed by atoms with Gasteiger partial charge >= 0.3 is 0 Å². The van der Waals surface area contributed by atoms with E-state index in [4.69, 9.17) is 11.6 Å². The molecule has 2 heterocycles. The van der Waals surface area contributed by atoms with Crippen LogP contribution in [0.1, 0.15) is 22.3 Å². The van der Waals surface area contributed by atoms with E-state index in [1.165, 1.54) is 11.1 Å². The van der Waals surface area contributed by atoms with Crippen molar-refractivity contribution in [2.75, 3.05) is 11.4 Å². The lowest BCUT2D eigenvalue weighted by Crippen LogP contribution is -2.32. The fraction of sp³-hybridized carbons (Fsp3) is 0.333. The average molecular weight is 274 g/mol. The van der Waals surface area contributed by atoms with Crippen LogP contribution in [0.4, 0.5) is 5.82 Å². The Kier molecular flexibility index (Phi) is 3.15. The van der Waals surface area contributed by atoms with Crippen molar-refractivity contribution in [1.29, 1.82) is 0 Å². The number of nitrogens with zero attached hydrogens (tertiary/aromatic N) is 3. The maximum atomic E-state index is 6.01. The predicted octanol–water partition coefficient (Wildman–Crippen LogP) is 3.31. The number of anilines is 1. The minimum absolute atomic E-state index is 0.499. The van der Waals surface area contributed by atoms with Crippen LogP contribution in [0.5, 0.6) is 0 Å². The zero-order valence-corrected chi connectivity index (χ0v) is 11.9. The van der Waals surface area contributed by atoms with Crippen LogP contribution >= 0.6 is 11.6 Å². The fourth-order valence-electron chi connectivity index (χ4n) is 2.54. The van der Waals surface area contributed by atoms with E-state index in [0.717, 1.165) is 36.5 Å². The molecule has 0 bridgehead atoms. The first-order valence-electron chi connectivity index (χ1n) is 6.48. The summed E-state index contributed by atoms with van der Waals surface area (Å²) in [6, 6.07) is 8.59. The molecule has 1 aromatic heterocycles. The number of halogens is 1. The van der Waals surface area contributed by atoms with E-state index in [-0.39, 0.29) is 0 Å². The molecule has 1 aliphatic rings. The first-order chi connectivity index (χ1) is 9.16. The highest BCUT2D eigenvalue weighted by atomic mass is 35.5. The number of benzene rings is 1. The van der Waals surface area contributed by atoms with Crippen LogP contribution < -0.4 is 4.90 Å². The Morgan fingerprint density at radius 3 is 2.58 bits per heavy atom. The molecule has 98 valence electrons. The van der Waals surface area contributed by atoms with Crippen molar-refractivity contribution in [3.8, 4) is 0 Å². The summed E-state index contributed by atoms with van der Waals surface area (Å²) >= 11 is 6.01. The highest BCUT2D eigenvalue weighted by Gasteiger charge is 2.20. The van der Waals surface area contributed by atoms with Crippen molar-refractivity contribution < 1.29 is 0 Å². The molecule has 0 amide bonds. The molecule has 0 radical (unpaired) electrons. The molecule has 0 saturated heterocycles. The monoisotopic (exact) mass is 273 g/mol. The standard InChI is InChI=1S/C15H16ClN3/c1-10-11(2)15(18-17-14(10)16)19-8-7-12-5-3-4-6-13(12)9-19/h3-6H,7-9H2,1-2H3. The maximum Gasteiger partial charge on any atom is 0.155 e. The van der Waals surface area contributed by atoms with Crippen LogP contribution in [0.3, 0.4) is 0 Å². The molecule has 3 nitrogen and oxygen atoms in total. The third-order valence-corrected chi connectivity index (χ3v) is 4.23. The fourth-order valence-corrected chi connectivity index (χ4v) is 2.72. The molecule has 0 saturated carbocycles. The highest BCUT2D eigenvalue weighted by molar-refractivity contribution is 6.30. The lowest BCUT2D eigenvalue weighted by Gasteiger charge is -2.30. The first kappa shape index (κ1) is 12.4. The van der Waals surface area contributed by atoms with E-state index >= 15 is 0 Å². The number of hydrogen-bond donors (Lipinski definition) is 0. The molecule has 0 fully saturated rings. The van der Waals surface area contributed by atoms with E-state index in [9.17, 15) is 0 Å². The smallest absolute Gasteiger partial charge is 0.155 e. The molecule has 4 heteroatoms. The molecule has 0 atom stereocenters. The number of hydrogen-bond acceptors (Lipinski definition) is 3. The zero-order chi connectivity index (χ0) is 13.4. The summed E-state index contributed by atoms with van der Waals surface area (Å²) in [5.41, 5.74) is 4.96. The quantitative estimate of drug-likeness (QED) is 0.798. The maximum absolute atomic E-state index is 6.01. The van der Waals surface area contributed by atoms with E-state index in [2.05, 4.69) is 46.3 Å². The van der Waals surface area contributed by atoms with Crippen molar-refractivity contribution in [3.05, 3.63) is 51.7 Å². The summed E-state index contributed by atoms with van der Waals surface area (Å²) in [7, 11) is 0. The van der Waals surface area contributed by atoms with Crippen LogP contribution in [-0.4, -0.2) is 16.7 Å². The van der Waals surface area contributed by atoms with Gasteiger partial charge in [-0.25, -0.2) is 0 Å². The molecule has 0 unspecified atom stereocenters. The topological polar surface area (TPSA) is 29.0 Å². The number of rotatable bonds is 1. The van der Waals surface area contributed by atoms with Crippen LogP contribution in [-0.2, 0) is 13.0 Å². The summed E-state index contributed by atoms with van der Waals surface area (Å²) in [6.07, 6.45) is 1.05. The van der Waals surface area contributed by atoms with Crippen LogP contribution in [0.15, 0.2) is 24.3 Å². The van der Waals surface area contributed by atoms with Gasteiger partial charge in [0, 0.05) is 13.1 Å². The molecule has 19 heavy (non-hydrogen) atoms. The summed E-state index contributed by atoms with van der Waals surface area (Å²) in [4.78, 5) is 2.29. The molecule has 1 aromatic carbocycles. The second-order valence-electron chi connectivity index (χ2n) is 5.00. The zero-order valence-electron chi connectivity index (χ0n) is 11.2. The average Bonchev–Trinajstić information content (AvgIpc) is 2.44. The number of aromatic nitrogens is 2. The minimum atomic E-state index is 0.499. The molecular weight excluding hydrogens is 258 g/mol. The van der Waals surface area contributed by atoms with Gasteiger partial charge in [0.15, 0.2) is 11.0 Å². The van der Waals surface area contributed by atoms with Crippen molar-refractivity contribution in [1.82, 2.24) is 10.2 Å². The van der Waals surface area contributed by atoms with Crippen molar-refractivity contribution in [3.63, 3.8) is 0 Å². The second kappa shape index (κ2) is 4.82. The summed E-state index contributed by atoms with van der Waals surface area (Å²) in [5, 5.41) is 8.82. The molecule has 0 aliphatic carbocycles. The van der Waals surface area contributed by atoms with E-state index < -0.39 is 0 Å². The van der Waals surface area contributed by atoms with Crippen LogP contribution in [0, 0.1) is 13.8 Å². The van der Waals surface area contributed by atoms with Gasteiger partial charge in [-0.2, -0.15) is 0 Å². The third-order valence-electron chi connectivity index (χ3n) is 3.87. The van der Waals surface area contributed by atoms with Gasteiger partial charge in [-0.05, 0) is 42.5 Å². The SMILES string of the molecule is Cc1c(Cl)nnc(N2CCc3ccccc3C2)c1C. The van der Waals surface area contributed by atoms with Gasteiger partial charge in [0.1, 0.15) is 0 Å². The van der Waals surface area contributed by atoms with Crippen molar-refractivity contribution >= 4 is 17.4 Å². The van der Waals surface area contributed by atoms with E-state index in [1.807, 2.05) is 6.92 Å². The van der Waals surface area contributed by atoms with Gasteiger partial charge in [0.05, 0.1) is 0 Å². The van der Waals surface area contributed by atoms with Gasteiger partial charge in [-0.15, -0.1) is 10.2 Å². The van der Waals surface area contributed by atoms with Gasteiger partial charge in [0.2, 0.25) is 0 Å². The summed E-state index contributed by atoms with van der Waals surface area (Å²) < 4.78 is 0. The molecule has 2 aromatic rings. The highest BCUT2D eigenvalue weighted by Crippen LogP contribution is 2.28. The Labute approximate surface area is 118 Å². The van der Waals surface area contributed by atoms with Crippen LogP contribution in [0.2, 0.25) is 5.15 Å². The van der Waals surface area contributed by atoms with Crippen molar-refractivity contribution in [2.24, 2.45) is 0 Å². The second-order valence-corrected chi connectivity index (χ2v) is 5.36.